The lowest BCUT2D eigenvalue weighted by atomic mass is 9.93. The van der Waals surface area contributed by atoms with Crippen LogP contribution in [-0.4, -0.2) is 87.6 Å². The summed E-state index contributed by atoms with van der Waals surface area (Å²) in [6, 6.07) is 5.37. The minimum absolute atomic E-state index is 0.0188. The van der Waals surface area contributed by atoms with E-state index in [9.17, 15) is 18.0 Å². The molecule has 2 aliphatic rings. The van der Waals surface area contributed by atoms with E-state index in [4.69, 9.17) is 9.47 Å². The first kappa shape index (κ1) is 31.0. The fraction of sp³-hybridized carbons (Fsp3) is 0.484. The quantitative estimate of drug-likeness (QED) is 0.218. The van der Waals surface area contributed by atoms with Gasteiger partial charge in [0.05, 0.1) is 49.9 Å². The molecule has 1 amide bonds. The average molecular weight is 627 g/mol. The number of nitrogens with one attached hydrogen (secondary N) is 2. The highest BCUT2D eigenvalue weighted by Crippen LogP contribution is 2.40. The van der Waals surface area contributed by atoms with Crippen LogP contribution in [0.5, 0.6) is 0 Å². The highest BCUT2D eigenvalue weighted by atomic mass is 19.4. The van der Waals surface area contributed by atoms with E-state index in [1.807, 2.05) is 13.0 Å². The smallest absolute Gasteiger partial charge is 0.379 e. The van der Waals surface area contributed by atoms with Gasteiger partial charge in [-0.2, -0.15) is 18.3 Å². The summed E-state index contributed by atoms with van der Waals surface area (Å²) in [5, 5.41) is 10.1. The molecule has 0 radical (unpaired) electrons. The lowest BCUT2D eigenvalue weighted by Gasteiger charge is -2.26. The number of imidazole rings is 1. The summed E-state index contributed by atoms with van der Waals surface area (Å²) in [5.74, 6) is 0.188. The number of ether oxygens (including phenoxy) is 2. The van der Waals surface area contributed by atoms with E-state index in [0.29, 0.717) is 48.9 Å². The van der Waals surface area contributed by atoms with E-state index in [-0.39, 0.29) is 23.2 Å². The number of rotatable bonds is 12. The standard InChI is InChI=1S/C31H37F3N8O3/c1-2-21-18-22(6-7-24(21)30(43)36-9-14-44-15-11-40-12-16-45-17-13-40)38-28-29-37-19-26(41(29)10-8-35-28)25-20-42(23-4-3-5-23)39-27(25)31(32,33)34/h6-8,10,18-20,23H,2-5,9,11-17H2,1H3,(H,35,38)(H,36,43). The normalized spacial score (nSPS) is 16.2. The maximum atomic E-state index is 14.0. The monoisotopic (exact) mass is 626 g/mol. The minimum atomic E-state index is -4.61. The van der Waals surface area contributed by atoms with E-state index in [0.717, 1.165) is 57.7 Å². The Morgan fingerprint density at radius 3 is 2.71 bits per heavy atom. The van der Waals surface area contributed by atoms with Gasteiger partial charge in [-0.25, -0.2) is 9.97 Å². The van der Waals surface area contributed by atoms with Crippen molar-refractivity contribution < 1.29 is 27.4 Å². The van der Waals surface area contributed by atoms with Gasteiger partial charge < -0.3 is 20.1 Å². The Labute approximate surface area is 258 Å². The molecule has 0 atom stereocenters. The van der Waals surface area contributed by atoms with Crippen molar-refractivity contribution in [2.75, 3.05) is 57.9 Å². The van der Waals surface area contributed by atoms with Crippen LogP contribution in [0.15, 0.2) is 43.0 Å². The Bertz CT molecular complexity index is 1630. The summed E-state index contributed by atoms with van der Waals surface area (Å²) in [6.07, 6.45) is 4.59. The van der Waals surface area contributed by atoms with Crippen LogP contribution < -0.4 is 10.6 Å². The van der Waals surface area contributed by atoms with Crippen molar-refractivity contribution in [1.29, 1.82) is 0 Å². The number of alkyl halides is 3. The Morgan fingerprint density at radius 2 is 1.98 bits per heavy atom. The van der Waals surface area contributed by atoms with Crippen LogP contribution in [0.2, 0.25) is 0 Å². The molecule has 2 N–H and O–H groups in total. The molecule has 0 bridgehead atoms. The van der Waals surface area contributed by atoms with Crippen molar-refractivity contribution in [2.24, 2.45) is 0 Å². The number of hydrogen-bond donors (Lipinski definition) is 2. The van der Waals surface area contributed by atoms with Crippen molar-refractivity contribution in [3.05, 3.63) is 59.8 Å². The molecular weight excluding hydrogens is 589 g/mol. The predicted octanol–water partition coefficient (Wildman–Crippen LogP) is 4.72. The van der Waals surface area contributed by atoms with Gasteiger partial charge in [-0.1, -0.05) is 6.92 Å². The molecular formula is C31H37F3N8O3. The second-order valence-electron chi connectivity index (χ2n) is 11.2. The first-order chi connectivity index (χ1) is 21.8. The number of fused-ring (bicyclic) bond motifs is 1. The van der Waals surface area contributed by atoms with Gasteiger partial charge in [0.25, 0.3) is 5.91 Å². The number of amides is 1. The number of nitrogens with zero attached hydrogens (tertiary/aromatic N) is 6. The van der Waals surface area contributed by atoms with E-state index in [1.54, 1.807) is 22.7 Å². The number of carbonyl (C=O) groups excluding carboxylic acids is 1. The van der Waals surface area contributed by atoms with Crippen molar-refractivity contribution >= 4 is 23.1 Å². The SMILES string of the molecule is CCc1cc(Nc2nccn3c(-c4cn(C5CCC5)nc4C(F)(F)F)cnc23)ccc1C(=O)NCCOCCN1CCOCC1. The van der Waals surface area contributed by atoms with Gasteiger partial charge in [0.15, 0.2) is 17.2 Å². The van der Waals surface area contributed by atoms with Crippen LogP contribution in [0, 0.1) is 0 Å². The Balaban J connectivity index is 1.12. The van der Waals surface area contributed by atoms with Crippen LogP contribution in [0.1, 0.15) is 53.8 Å². The molecule has 0 unspecified atom stereocenters. The molecule has 4 heterocycles. The first-order valence-corrected chi connectivity index (χ1v) is 15.4. The Morgan fingerprint density at radius 1 is 1.16 bits per heavy atom. The van der Waals surface area contributed by atoms with E-state index >= 15 is 0 Å². The predicted molar refractivity (Wildman–Crippen MR) is 162 cm³/mol. The van der Waals surface area contributed by atoms with Crippen LogP contribution in [0.3, 0.4) is 0 Å². The molecule has 1 aliphatic carbocycles. The van der Waals surface area contributed by atoms with Crippen LogP contribution in [-0.2, 0) is 22.1 Å². The van der Waals surface area contributed by atoms with Crippen molar-refractivity contribution in [3.63, 3.8) is 0 Å². The molecule has 1 saturated carbocycles. The molecule has 1 saturated heterocycles. The third kappa shape index (κ3) is 6.97. The molecule has 3 aromatic heterocycles. The third-order valence-corrected chi connectivity index (χ3v) is 8.33. The lowest BCUT2D eigenvalue weighted by Crippen LogP contribution is -2.38. The molecule has 0 spiro atoms. The molecule has 6 rings (SSSR count). The highest BCUT2D eigenvalue weighted by Gasteiger charge is 2.39. The van der Waals surface area contributed by atoms with E-state index in [2.05, 4.69) is 30.6 Å². The summed E-state index contributed by atoms with van der Waals surface area (Å²) in [6.45, 7) is 7.55. The zero-order valence-corrected chi connectivity index (χ0v) is 25.1. The molecule has 11 nitrogen and oxygen atoms in total. The van der Waals surface area contributed by atoms with Gasteiger partial charge in [-0.15, -0.1) is 0 Å². The maximum absolute atomic E-state index is 14.0. The molecule has 1 aliphatic heterocycles. The molecule has 14 heteroatoms. The summed E-state index contributed by atoms with van der Waals surface area (Å²) in [7, 11) is 0. The van der Waals surface area contributed by atoms with E-state index in [1.165, 1.54) is 23.3 Å². The number of aryl methyl sites for hydroxylation is 1. The van der Waals surface area contributed by atoms with Gasteiger partial charge >= 0.3 is 6.18 Å². The molecule has 240 valence electrons. The lowest BCUT2D eigenvalue weighted by molar-refractivity contribution is -0.141. The average Bonchev–Trinajstić information content (AvgIpc) is 3.64. The fourth-order valence-electron chi connectivity index (χ4n) is 5.61. The second-order valence-corrected chi connectivity index (χ2v) is 11.2. The van der Waals surface area contributed by atoms with Crippen LogP contribution in [0.4, 0.5) is 24.7 Å². The number of benzene rings is 1. The minimum Gasteiger partial charge on any atom is -0.379 e. The maximum Gasteiger partial charge on any atom is 0.435 e. The number of anilines is 2. The van der Waals surface area contributed by atoms with Crippen LogP contribution >= 0.6 is 0 Å². The summed E-state index contributed by atoms with van der Waals surface area (Å²) in [4.78, 5) is 24.0. The van der Waals surface area contributed by atoms with Crippen molar-refractivity contribution in [2.45, 2.75) is 44.8 Å². The number of halogens is 3. The number of aromatic nitrogens is 5. The van der Waals surface area contributed by atoms with Gasteiger partial charge in [0.2, 0.25) is 0 Å². The number of carbonyl (C=O) groups is 1. The van der Waals surface area contributed by atoms with Gasteiger partial charge in [-0.05, 0) is 49.4 Å². The van der Waals surface area contributed by atoms with Gasteiger partial charge in [0, 0.05) is 56.0 Å². The Kier molecular flexibility index (Phi) is 9.33. The zero-order valence-electron chi connectivity index (χ0n) is 25.1. The second kappa shape index (κ2) is 13.5. The topological polar surface area (TPSA) is 111 Å². The zero-order chi connectivity index (χ0) is 31.4. The largest absolute Gasteiger partial charge is 0.435 e. The molecule has 4 aromatic rings. The third-order valence-electron chi connectivity index (χ3n) is 8.33. The number of morpholine rings is 1. The highest BCUT2D eigenvalue weighted by molar-refractivity contribution is 5.96. The van der Waals surface area contributed by atoms with E-state index < -0.39 is 11.9 Å². The Hall–Kier alpha value is -4.01. The molecule has 45 heavy (non-hydrogen) atoms. The van der Waals surface area contributed by atoms with Crippen LogP contribution in [0.25, 0.3) is 16.9 Å². The van der Waals surface area contributed by atoms with Crippen molar-refractivity contribution in [3.8, 4) is 11.3 Å². The number of hydrogen-bond acceptors (Lipinski definition) is 8. The molecule has 2 fully saturated rings. The van der Waals surface area contributed by atoms with Gasteiger partial charge in [0.1, 0.15) is 0 Å². The van der Waals surface area contributed by atoms with Crippen molar-refractivity contribution in [1.82, 2.24) is 34.4 Å². The summed E-state index contributed by atoms with van der Waals surface area (Å²) < 4.78 is 56.0. The fourth-order valence-corrected chi connectivity index (χ4v) is 5.61. The molecule has 1 aromatic carbocycles. The summed E-state index contributed by atoms with van der Waals surface area (Å²) >= 11 is 0. The summed E-state index contributed by atoms with van der Waals surface area (Å²) in [5.41, 5.74) is 1.77. The van der Waals surface area contributed by atoms with Gasteiger partial charge in [-0.3, -0.25) is 18.8 Å². The first-order valence-electron chi connectivity index (χ1n) is 15.4.